The lowest BCUT2D eigenvalue weighted by Crippen LogP contribution is -2.45. The van der Waals surface area contributed by atoms with E-state index >= 15 is 0 Å². The fraction of sp³-hybridized carbons (Fsp3) is 0.500. The van der Waals surface area contributed by atoms with Gasteiger partial charge in [-0.1, -0.05) is 15.9 Å². The minimum Gasteiger partial charge on any atom is -0.444 e. The quantitative estimate of drug-likeness (QED) is 0.808. The number of thiazole rings is 1. The predicted octanol–water partition coefficient (Wildman–Crippen LogP) is 4.83. The van der Waals surface area contributed by atoms with Gasteiger partial charge in [-0.3, -0.25) is 0 Å². The Kier molecular flexibility index (Phi) is 4.16. The number of aromatic nitrogens is 1. The molecule has 1 aliphatic carbocycles. The first-order chi connectivity index (χ1) is 10.3. The summed E-state index contributed by atoms with van der Waals surface area (Å²) in [5, 5.41) is 4.09. The van der Waals surface area contributed by atoms with E-state index in [1.807, 2.05) is 32.9 Å². The lowest BCUT2D eigenvalue weighted by atomic mass is 9.81. The van der Waals surface area contributed by atoms with Crippen LogP contribution in [0.2, 0.25) is 0 Å². The summed E-state index contributed by atoms with van der Waals surface area (Å²) in [6.45, 7) is 5.61. The maximum Gasteiger partial charge on any atom is 0.407 e. The molecule has 1 aromatic heterocycles. The van der Waals surface area contributed by atoms with E-state index in [1.54, 1.807) is 11.3 Å². The molecule has 0 atom stereocenters. The number of carbonyl (C=O) groups excluding carboxylic acids is 1. The molecule has 1 fully saturated rings. The molecule has 1 amide bonds. The van der Waals surface area contributed by atoms with Gasteiger partial charge in [0.1, 0.15) is 5.60 Å². The maximum absolute atomic E-state index is 11.7. The molecular formula is C16H19BrN2O2S. The second-order valence-corrected chi connectivity index (χ2v) is 8.65. The number of halogens is 1. The number of nitrogens with zero attached hydrogens (tertiary/aromatic N) is 1. The van der Waals surface area contributed by atoms with Crippen molar-refractivity contribution in [1.29, 1.82) is 0 Å². The summed E-state index contributed by atoms with van der Waals surface area (Å²) in [5.41, 5.74) is 0.589. The molecule has 1 saturated carbocycles. The van der Waals surface area contributed by atoms with Gasteiger partial charge in [-0.05, 0) is 51.8 Å². The van der Waals surface area contributed by atoms with Crippen molar-refractivity contribution in [2.45, 2.75) is 51.2 Å². The van der Waals surface area contributed by atoms with Crippen LogP contribution in [0, 0.1) is 0 Å². The number of amides is 1. The topological polar surface area (TPSA) is 51.2 Å². The summed E-state index contributed by atoms with van der Waals surface area (Å²) in [5.74, 6) is 0.441. The summed E-state index contributed by atoms with van der Waals surface area (Å²) in [6, 6.07) is 6.37. The van der Waals surface area contributed by atoms with Crippen molar-refractivity contribution >= 4 is 43.6 Å². The molecule has 118 valence electrons. The number of benzene rings is 1. The van der Waals surface area contributed by atoms with Gasteiger partial charge in [-0.2, -0.15) is 0 Å². The summed E-state index contributed by atoms with van der Waals surface area (Å²) in [7, 11) is 0. The smallest absolute Gasteiger partial charge is 0.407 e. The minimum absolute atomic E-state index is 0.193. The zero-order valence-electron chi connectivity index (χ0n) is 12.9. The lowest BCUT2D eigenvalue weighted by molar-refractivity contribution is 0.0471. The van der Waals surface area contributed by atoms with Crippen molar-refractivity contribution in [2.75, 3.05) is 0 Å². The van der Waals surface area contributed by atoms with Crippen molar-refractivity contribution in [1.82, 2.24) is 10.3 Å². The lowest BCUT2D eigenvalue weighted by Gasteiger charge is -2.34. The molecule has 22 heavy (non-hydrogen) atoms. The Morgan fingerprint density at radius 2 is 2.14 bits per heavy atom. The third kappa shape index (κ3) is 3.60. The van der Waals surface area contributed by atoms with Crippen LogP contribution in [-0.4, -0.2) is 22.7 Å². The van der Waals surface area contributed by atoms with E-state index in [1.165, 1.54) is 4.70 Å². The highest BCUT2D eigenvalue weighted by molar-refractivity contribution is 9.10. The van der Waals surface area contributed by atoms with Crippen LogP contribution >= 0.6 is 27.3 Å². The number of rotatable bonds is 2. The number of fused-ring (bicyclic) bond motifs is 1. The molecule has 0 aliphatic heterocycles. The molecule has 1 N–H and O–H groups in total. The first kappa shape index (κ1) is 15.7. The molecule has 2 aromatic rings. The van der Waals surface area contributed by atoms with Gasteiger partial charge in [0, 0.05) is 16.4 Å². The van der Waals surface area contributed by atoms with Gasteiger partial charge >= 0.3 is 6.09 Å². The first-order valence-corrected chi connectivity index (χ1v) is 8.96. The Morgan fingerprint density at radius 3 is 2.82 bits per heavy atom. The van der Waals surface area contributed by atoms with E-state index in [4.69, 9.17) is 9.72 Å². The molecule has 3 rings (SSSR count). The highest BCUT2D eigenvalue weighted by Gasteiger charge is 2.34. The summed E-state index contributed by atoms with van der Waals surface area (Å²) >= 11 is 5.22. The number of carbonyl (C=O) groups is 1. The van der Waals surface area contributed by atoms with Crippen molar-refractivity contribution < 1.29 is 9.53 Å². The van der Waals surface area contributed by atoms with Crippen molar-refractivity contribution in [3.8, 4) is 0 Å². The van der Waals surface area contributed by atoms with Crippen LogP contribution in [0.15, 0.2) is 22.7 Å². The van der Waals surface area contributed by atoms with Gasteiger partial charge in [0.25, 0.3) is 0 Å². The van der Waals surface area contributed by atoms with Gasteiger partial charge in [-0.25, -0.2) is 9.78 Å². The molecule has 0 spiro atoms. The van der Waals surface area contributed by atoms with E-state index in [9.17, 15) is 4.79 Å². The maximum atomic E-state index is 11.7. The molecule has 0 saturated heterocycles. The SMILES string of the molecule is CC(C)(C)OC(=O)NC1CC(c2nc3cc(Br)ccc3s2)C1. The molecule has 1 aliphatic rings. The van der Waals surface area contributed by atoms with Crippen LogP contribution in [0.5, 0.6) is 0 Å². The van der Waals surface area contributed by atoms with Crippen LogP contribution in [0.25, 0.3) is 10.2 Å². The van der Waals surface area contributed by atoms with Crippen molar-refractivity contribution in [3.63, 3.8) is 0 Å². The van der Waals surface area contributed by atoms with E-state index in [2.05, 4.69) is 27.3 Å². The molecule has 6 heteroatoms. The third-order valence-electron chi connectivity index (χ3n) is 3.57. The van der Waals surface area contributed by atoms with Crippen LogP contribution < -0.4 is 5.32 Å². The fourth-order valence-corrected chi connectivity index (χ4v) is 3.93. The number of hydrogen-bond acceptors (Lipinski definition) is 4. The van der Waals surface area contributed by atoms with Crippen LogP contribution in [0.4, 0.5) is 4.79 Å². The summed E-state index contributed by atoms with van der Waals surface area (Å²) < 4.78 is 7.54. The Balaban J connectivity index is 1.57. The van der Waals surface area contributed by atoms with Crippen molar-refractivity contribution in [3.05, 3.63) is 27.7 Å². The normalized spacial score (nSPS) is 21.5. The highest BCUT2D eigenvalue weighted by Crippen LogP contribution is 2.40. The van der Waals surface area contributed by atoms with E-state index in [-0.39, 0.29) is 12.1 Å². The monoisotopic (exact) mass is 382 g/mol. The molecule has 0 bridgehead atoms. The van der Waals surface area contributed by atoms with Crippen molar-refractivity contribution in [2.24, 2.45) is 0 Å². The number of ether oxygens (including phenoxy) is 1. The average molecular weight is 383 g/mol. The number of alkyl carbamates (subject to hydrolysis) is 1. The van der Waals surface area contributed by atoms with Gasteiger partial charge < -0.3 is 10.1 Å². The number of nitrogens with one attached hydrogen (secondary N) is 1. The molecule has 0 unspecified atom stereocenters. The average Bonchev–Trinajstić information content (AvgIpc) is 2.73. The van der Waals surface area contributed by atoms with Gasteiger partial charge in [0.15, 0.2) is 0 Å². The van der Waals surface area contributed by atoms with Crippen LogP contribution in [-0.2, 0) is 4.74 Å². The van der Waals surface area contributed by atoms with E-state index in [0.29, 0.717) is 5.92 Å². The standard InChI is InChI=1S/C16H19BrN2O2S/c1-16(2,3)21-15(20)18-11-6-9(7-11)14-19-12-8-10(17)4-5-13(12)22-14/h4-5,8-9,11H,6-7H2,1-3H3,(H,18,20). The molecule has 1 heterocycles. The zero-order chi connectivity index (χ0) is 15.9. The predicted molar refractivity (Wildman–Crippen MR) is 92.5 cm³/mol. The minimum atomic E-state index is -0.451. The summed E-state index contributed by atoms with van der Waals surface area (Å²) in [6.07, 6.45) is 1.53. The summed E-state index contributed by atoms with van der Waals surface area (Å²) in [4.78, 5) is 16.4. The first-order valence-electron chi connectivity index (χ1n) is 7.36. The Bertz CT molecular complexity index is 702. The zero-order valence-corrected chi connectivity index (χ0v) is 15.3. The largest absolute Gasteiger partial charge is 0.444 e. The van der Waals surface area contributed by atoms with Gasteiger partial charge in [-0.15, -0.1) is 11.3 Å². The van der Waals surface area contributed by atoms with Crippen LogP contribution in [0.1, 0.15) is 44.5 Å². The van der Waals surface area contributed by atoms with Crippen LogP contribution in [0.3, 0.4) is 0 Å². The van der Waals surface area contributed by atoms with E-state index in [0.717, 1.165) is 27.8 Å². The van der Waals surface area contributed by atoms with Gasteiger partial charge in [0.2, 0.25) is 0 Å². The fourth-order valence-electron chi connectivity index (χ4n) is 2.50. The molecule has 0 radical (unpaired) electrons. The molecule has 4 nitrogen and oxygen atoms in total. The third-order valence-corrected chi connectivity index (χ3v) is 5.27. The molecular weight excluding hydrogens is 364 g/mol. The van der Waals surface area contributed by atoms with E-state index < -0.39 is 5.60 Å². The Labute approximate surface area is 142 Å². The number of hydrogen-bond donors (Lipinski definition) is 1. The highest BCUT2D eigenvalue weighted by atomic mass is 79.9. The van der Waals surface area contributed by atoms with Gasteiger partial charge in [0.05, 0.1) is 15.2 Å². The second-order valence-electron chi connectivity index (χ2n) is 6.68. The Morgan fingerprint density at radius 1 is 1.41 bits per heavy atom. The molecule has 1 aromatic carbocycles. The second kappa shape index (κ2) is 5.81. The Hall–Kier alpha value is -1.14.